The fraction of sp³-hybridized carbons (Fsp3) is 0.350. The third-order valence-electron chi connectivity index (χ3n) is 9.61. The summed E-state index contributed by atoms with van der Waals surface area (Å²) in [6, 6.07) is 10.9. The first-order valence-corrected chi connectivity index (χ1v) is 18.4. The molecule has 10 unspecified atom stereocenters. The Bertz CT molecular complexity index is 2360. The molecule has 10 atom stereocenters. The molecule has 2 saturated heterocycles. The average Bonchev–Trinajstić information content (AvgIpc) is 3.22. The minimum atomic E-state index is -2.20. The number of phenolic OH excluding ortho intramolecular Hbond substituents is 4. The van der Waals surface area contributed by atoms with Crippen molar-refractivity contribution in [3.63, 3.8) is 0 Å². The zero-order chi connectivity index (χ0) is 45.0. The Morgan fingerprint density at radius 2 is 1.47 bits per heavy atom. The van der Waals surface area contributed by atoms with E-state index in [9.17, 15) is 65.1 Å². The quantitative estimate of drug-likeness (QED) is 0.0437. The van der Waals surface area contributed by atoms with E-state index in [0.717, 1.165) is 18.2 Å². The zero-order valence-electron chi connectivity index (χ0n) is 32.1. The molecule has 4 aromatic rings. The zero-order valence-corrected chi connectivity index (χ0v) is 32.1. The van der Waals surface area contributed by atoms with Crippen molar-refractivity contribution >= 4 is 35.0 Å². The largest absolute Gasteiger partial charge is 0.508 e. The Hall–Kier alpha value is -6.50. The van der Waals surface area contributed by atoms with Crippen molar-refractivity contribution in [2.45, 2.75) is 67.8 Å². The lowest BCUT2D eigenvalue weighted by Crippen LogP contribution is -2.65. The van der Waals surface area contributed by atoms with Crippen LogP contribution >= 0.6 is 0 Å². The van der Waals surface area contributed by atoms with Gasteiger partial charge in [0.1, 0.15) is 77.9 Å². The van der Waals surface area contributed by atoms with E-state index in [-0.39, 0.29) is 28.4 Å². The molecule has 3 aromatic carbocycles. The van der Waals surface area contributed by atoms with Gasteiger partial charge < -0.3 is 88.6 Å². The van der Waals surface area contributed by atoms with Crippen molar-refractivity contribution in [3.05, 3.63) is 76.5 Å². The number of carboxylic acid groups (broad SMARTS) is 1. The Kier molecular flexibility index (Phi) is 13.8. The molecule has 22 heteroatoms. The summed E-state index contributed by atoms with van der Waals surface area (Å²) in [6.45, 7) is -1.85. The molecule has 2 fully saturated rings. The predicted molar refractivity (Wildman–Crippen MR) is 204 cm³/mol. The lowest BCUT2D eigenvalue weighted by Gasteiger charge is -2.46. The van der Waals surface area contributed by atoms with Crippen molar-refractivity contribution in [1.82, 2.24) is 0 Å². The minimum Gasteiger partial charge on any atom is -0.508 e. The lowest BCUT2D eigenvalue weighted by molar-refractivity contribution is -0.358. The molecular weight excluding hydrogens is 832 g/mol. The van der Waals surface area contributed by atoms with Gasteiger partial charge in [-0.25, -0.2) is 4.79 Å². The number of methoxy groups -OCH3 is 1. The fourth-order valence-corrected chi connectivity index (χ4v) is 6.51. The molecule has 0 bridgehead atoms. The van der Waals surface area contributed by atoms with E-state index in [0.29, 0.717) is 5.56 Å². The first-order chi connectivity index (χ1) is 29.5. The number of rotatable bonds is 14. The van der Waals surface area contributed by atoms with Crippen molar-refractivity contribution < 1.29 is 103 Å². The summed E-state index contributed by atoms with van der Waals surface area (Å²) in [4.78, 5) is 50.5. The number of aliphatic hydroxyl groups excluding tert-OH is 5. The second-order valence-corrected chi connectivity index (χ2v) is 13.8. The first-order valence-electron chi connectivity index (χ1n) is 18.4. The van der Waals surface area contributed by atoms with Crippen LogP contribution in [0, 0.1) is 0 Å². The number of aliphatic carboxylic acids is 1. The summed E-state index contributed by atoms with van der Waals surface area (Å²) in [6.07, 6.45) is -18.8. The molecule has 22 nitrogen and oxygen atoms in total. The minimum absolute atomic E-state index is 0.0527. The molecule has 62 heavy (non-hydrogen) atoms. The van der Waals surface area contributed by atoms with E-state index in [1.54, 1.807) is 0 Å². The van der Waals surface area contributed by atoms with Crippen LogP contribution in [0.2, 0.25) is 0 Å². The summed E-state index contributed by atoms with van der Waals surface area (Å²) in [5.74, 6) is -6.78. The van der Waals surface area contributed by atoms with Crippen LogP contribution in [0.4, 0.5) is 0 Å². The Morgan fingerprint density at radius 1 is 0.790 bits per heavy atom. The second kappa shape index (κ2) is 19.0. The molecule has 10 N–H and O–H groups in total. The fourth-order valence-electron chi connectivity index (χ4n) is 6.51. The number of benzene rings is 3. The monoisotopic (exact) mass is 872 g/mol. The molecular formula is C40H40O22. The molecule has 332 valence electrons. The van der Waals surface area contributed by atoms with Gasteiger partial charge in [0.2, 0.25) is 17.5 Å². The van der Waals surface area contributed by atoms with Crippen LogP contribution in [0.25, 0.3) is 28.4 Å². The molecule has 2 aliphatic heterocycles. The van der Waals surface area contributed by atoms with E-state index >= 15 is 0 Å². The van der Waals surface area contributed by atoms with Gasteiger partial charge in [-0.3, -0.25) is 14.4 Å². The maximum Gasteiger partial charge on any atom is 0.331 e. The molecule has 0 amide bonds. The SMILES string of the molecule is COc1cc(C=CC(=O)OC2C(OC3C(Oc4c(-c5ccc(O)cc5)oc5cc(O)cc(O)c5c4=O)OC(COC(=O)CC(=O)O)C(O)C3O)OC(CO)C(O)C2O)ccc1O. The van der Waals surface area contributed by atoms with Crippen LogP contribution in [-0.4, -0.2) is 151 Å². The number of fused-ring (bicyclic) bond motifs is 1. The maximum atomic E-state index is 14.2. The lowest BCUT2D eigenvalue weighted by atomic mass is 9.97. The van der Waals surface area contributed by atoms with Crippen molar-refractivity contribution in [2.24, 2.45) is 0 Å². The maximum absolute atomic E-state index is 14.2. The van der Waals surface area contributed by atoms with E-state index in [1.807, 2.05) is 0 Å². The van der Waals surface area contributed by atoms with Gasteiger partial charge in [0.25, 0.3) is 0 Å². The number of carbonyl (C=O) groups is 3. The number of carbonyl (C=O) groups excluding carboxylic acids is 2. The average molecular weight is 873 g/mol. The smallest absolute Gasteiger partial charge is 0.331 e. The normalized spacial score (nSPS) is 26.2. The summed E-state index contributed by atoms with van der Waals surface area (Å²) in [5, 5.41) is 104. The number of hydrogen-bond acceptors (Lipinski definition) is 21. The van der Waals surface area contributed by atoms with Crippen LogP contribution in [0.15, 0.2) is 69.9 Å². The van der Waals surface area contributed by atoms with Crippen molar-refractivity contribution in [1.29, 1.82) is 0 Å². The van der Waals surface area contributed by atoms with Gasteiger partial charge in [0, 0.05) is 23.8 Å². The Labute approximate surface area is 348 Å². The molecule has 0 spiro atoms. The third kappa shape index (κ3) is 9.83. The number of hydrogen-bond donors (Lipinski definition) is 10. The number of aromatic hydroxyl groups is 4. The number of ether oxygens (including phenoxy) is 7. The highest BCUT2D eigenvalue weighted by Crippen LogP contribution is 2.39. The highest BCUT2D eigenvalue weighted by Gasteiger charge is 2.53. The van der Waals surface area contributed by atoms with Crippen LogP contribution in [0.1, 0.15) is 12.0 Å². The topological polar surface area (TPSA) is 348 Å². The molecule has 3 heterocycles. The van der Waals surface area contributed by atoms with Gasteiger partial charge in [-0.15, -0.1) is 0 Å². The number of aliphatic hydroxyl groups is 5. The number of carboxylic acids is 1. The van der Waals surface area contributed by atoms with E-state index in [2.05, 4.69) is 0 Å². The van der Waals surface area contributed by atoms with Gasteiger partial charge in [-0.2, -0.15) is 0 Å². The van der Waals surface area contributed by atoms with E-state index in [1.165, 1.54) is 55.7 Å². The predicted octanol–water partition coefficient (Wildman–Crippen LogP) is -0.416. The molecule has 1 aromatic heterocycles. The molecule has 0 saturated carbocycles. The van der Waals surface area contributed by atoms with Crippen molar-refractivity contribution in [2.75, 3.05) is 20.3 Å². The highest BCUT2D eigenvalue weighted by atomic mass is 16.8. The van der Waals surface area contributed by atoms with Gasteiger partial charge >= 0.3 is 17.9 Å². The number of esters is 2. The standard InChI is InChI=1S/C40H40O22/c1-55-22-10-16(2-8-20(22)44)3-9-27(48)60-37-33(53)30(50)24(14-41)58-39(37)62-38-34(54)31(51)25(15-56-28(49)13-26(46)47)59-40(38)61-36-32(52)29-21(45)11-19(43)12-23(29)57-35(36)17-4-6-18(42)7-5-17/h2-12,24-25,30-31,33-34,37-45,50-51,53-54H,13-15H2,1H3,(H,46,47). The highest BCUT2D eigenvalue weighted by molar-refractivity contribution is 5.90. The van der Waals surface area contributed by atoms with Gasteiger partial charge in [-0.05, 0) is 48.0 Å². The summed E-state index contributed by atoms with van der Waals surface area (Å²) < 4.78 is 44.9. The van der Waals surface area contributed by atoms with Crippen LogP contribution in [0.5, 0.6) is 34.5 Å². The van der Waals surface area contributed by atoms with Crippen molar-refractivity contribution in [3.8, 4) is 45.8 Å². The third-order valence-corrected chi connectivity index (χ3v) is 9.61. The molecule has 2 aliphatic rings. The van der Waals surface area contributed by atoms with Gasteiger partial charge in [-0.1, -0.05) is 6.07 Å². The number of phenols is 4. The molecule has 6 rings (SSSR count). The van der Waals surface area contributed by atoms with Crippen LogP contribution in [0.3, 0.4) is 0 Å². The molecule has 0 aliphatic carbocycles. The molecule has 0 radical (unpaired) electrons. The summed E-state index contributed by atoms with van der Waals surface area (Å²) in [5.41, 5.74) is -1.06. The van der Waals surface area contributed by atoms with Gasteiger partial charge in [0.05, 0.1) is 13.7 Å². The Morgan fingerprint density at radius 3 is 2.15 bits per heavy atom. The summed E-state index contributed by atoms with van der Waals surface area (Å²) in [7, 11) is 1.30. The second-order valence-electron chi connectivity index (χ2n) is 13.8. The van der Waals surface area contributed by atoms with E-state index in [4.69, 9.17) is 42.7 Å². The Balaban J connectivity index is 1.39. The van der Waals surface area contributed by atoms with E-state index < -0.39 is 133 Å². The van der Waals surface area contributed by atoms with Gasteiger partial charge in [0.15, 0.2) is 35.8 Å². The first kappa shape index (κ1) is 45.0. The summed E-state index contributed by atoms with van der Waals surface area (Å²) >= 11 is 0. The van der Waals surface area contributed by atoms with Crippen LogP contribution in [-0.2, 0) is 38.1 Å². The van der Waals surface area contributed by atoms with Crippen LogP contribution < -0.4 is 14.9 Å².